The van der Waals surface area contributed by atoms with E-state index in [1.807, 2.05) is 19.9 Å². The summed E-state index contributed by atoms with van der Waals surface area (Å²) in [6, 6.07) is 1.99. The fraction of sp³-hybridized carbons (Fsp3) is 0.647. The van der Waals surface area contributed by atoms with Crippen LogP contribution in [-0.2, 0) is 4.74 Å². The number of furan rings is 1. The summed E-state index contributed by atoms with van der Waals surface area (Å²) in [6.45, 7) is 4.72. The van der Waals surface area contributed by atoms with Gasteiger partial charge in [-0.1, -0.05) is 18.0 Å². The van der Waals surface area contributed by atoms with Gasteiger partial charge in [0.15, 0.2) is 11.6 Å². The second-order valence-electron chi connectivity index (χ2n) is 6.76. The average molecular weight is 302 g/mol. The van der Waals surface area contributed by atoms with E-state index in [0.717, 1.165) is 36.6 Å². The Bertz CT molecular complexity index is 667. The maximum atomic E-state index is 6.09. The van der Waals surface area contributed by atoms with E-state index in [9.17, 15) is 0 Å². The van der Waals surface area contributed by atoms with Crippen molar-refractivity contribution < 1.29 is 13.7 Å². The molecule has 1 saturated heterocycles. The number of nitrogens with zero attached hydrogens (tertiary/aromatic N) is 2. The van der Waals surface area contributed by atoms with Gasteiger partial charge in [-0.25, -0.2) is 0 Å². The highest BCUT2D eigenvalue weighted by Crippen LogP contribution is 2.44. The molecule has 118 valence electrons. The van der Waals surface area contributed by atoms with Gasteiger partial charge in [0, 0.05) is 18.1 Å². The zero-order valence-electron chi connectivity index (χ0n) is 13.2. The zero-order valence-corrected chi connectivity index (χ0v) is 13.2. The van der Waals surface area contributed by atoms with Gasteiger partial charge in [0.05, 0.1) is 5.60 Å². The third-order valence-corrected chi connectivity index (χ3v) is 5.05. The van der Waals surface area contributed by atoms with E-state index in [0.29, 0.717) is 17.6 Å². The van der Waals surface area contributed by atoms with Gasteiger partial charge in [-0.3, -0.25) is 0 Å². The first kappa shape index (κ1) is 14.0. The lowest BCUT2D eigenvalue weighted by Crippen LogP contribution is -2.36. The Hall–Kier alpha value is -1.62. The fourth-order valence-corrected chi connectivity index (χ4v) is 3.96. The van der Waals surface area contributed by atoms with E-state index < -0.39 is 0 Å². The number of rotatable bonds is 2. The summed E-state index contributed by atoms with van der Waals surface area (Å²) < 4.78 is 17.2. The minimum Gasteiger partial charge on any atom is -0.456 e. The Morgan fingerprint density at radius 2 is 2.05 bits per heavy atom. The highest BCUT2D eigenvalue weighted by Gasteiger charge is 2.41. The molecule has 0 bridgehead atoms. The quantitative estimate of drug-likeness (QED) is 0.833. The first-order valence-electron chi connectivity index (χ1n) is 8.20. The van der Waals surface area contributed by atoms with E-state index in [1.54, 1.807) is 0 Å². The molecule has 2 aromatic heterocycles. The second-order valence-corrected chi connectivity index (χ2v) is 6.76. The van der Waals surface area contributed by atoms with Crippen molar-refractivity contribution in [1.82, 2.24) is 10.1 Å². The van der Waals surface area contributed by atoms with Crippen LogP contribution in [0.15, 0.2) is 15.0 Å². The van der Waals surface area contributed by atoms with Crippen molar-refractivity contribution in [3.63, 3.8) is 0 Å². The van der Waals surface area contributed by atoms with Gasteiger partial charge in [-0.05, 0) is 45.6 Å². The van der Waals surface area contributed by atoms with Crippen LogP contribution < -0.4 is 0 Å². The van der Waals surface area contributed by atoms with Gasteiger partial charge in [0.25, 0.3) is 5.89 Å². The Morgan fingerprint density at radius 3 is 2.77 bits per heavy atom. The summed E-state index contributed by atoms with van der Waals surface area (Å²) in [5.74, 6) is 3.19. The minimum atomic E-state index is 0.0703. The van der Waals surface area contributed by atoms with Crippen LogP contribution in [0.5, 0.6) is 0 Å². The Morgan fingerprint density at radius 1 is 1.23 bits per heavy atom. The molecule has 1 atom stereocenters. The molecule has 2 aliphatic rings. The number of hydrogen-bond acceptors (Lipinski definition) is 5. The molecular formula is C17H22N2O3. The Labute approximate surface area is 130 Å². The molecule has 4 rings (SSSR count). The smallest absolute Gasteiger partial charge is 0.293 e. The van der Waals surface area contributed by atoms with Crippen LogP contribution in [0.4, 0.5) is 0 Å². The molecule has 1 unspecified atom stereocenters. The molecule has 2 fully saturated rings. The van der Waals surface area contributed by atoms with Gasteiger partial charge < -0.3 is 13.7 Å². The van der Waals surface area contributed by atoms with E-state index in [4.69, 9.17) is 13.7 Å². The lowest BCUT2D eigenvalue weighted by Gasteiger charge is -2.37. The molecule has 1 aliphatic heterocycles. The molecule has 5 nitrogen and oxygen atoms in total. The maximum absolute atomic E-state index is 6.09. The topological polar surface area (TPSA) is 61.3 Å². The third kappa shape index (κ3) is 2.37. The molecule has 22 heavy (non-hydrogen) atoms. The minimum absolute atomic E-state index is 0.0703. The van der Waals surface area contributed by atoms with Gasteiger partial charge in [0.1, 0.15) is 5.76 Å². The van der Waals surface area contributed by atoms with Crippen molar-refractivity contribution in [2.45, 2.75) is 63.9 Å². The largest absolute Gasteiger partial charge is 0.456 e. The monoisotopic (exact) mass is 302 g/mol. The van der Waals surface area contributed by atoms with E-state index in [1.165, 1.54) is 25.7 Å². The molecule has 1 saturated carbocycles. The molecular weight excluding hydrogens is 280 g/mol. The molecule has 1 aliphatic carbocycles. The Kier molecular flexibility index (Phi) is 3.33. The first-order valence-corrected chi connectivity index (χ1v) is 8.20. The number of hydrogen-bond donors (Lipinski definition) is 0. The van der Waals surface area contributed by atoms with Crippen LogP contribution in [0, 0.1) is 13.8 Å². The van der Waals surface area contributed by atoms with E-state index >= 15 is 0 Å². The molecule has 0 N–H and O–H groups in total. The summed E-state index contributed by atoms with van der Waals surface area (Å²) in [7, 11) is 0. The van der Waals surface area contributed by atoms with Crippen molar-refractivity contribution in [2.24, 2.45) is 0 Å². The summed E-state index contributed by atoms with van der Waals surface area (Å²) in [5, 5.41) is 4.22. The normalized spacial score (nSPS) is 24.2. The van der Waals surface area contributed by atoms with E-state index in [-0.39, 0.29) is 5.60 Å². The van der Waals surface area contributed by atoms with Crippen LogP contribution in [0.3, 0.4) is 0 Å². The molecule has 0 amide bonds. The molecule has 1 spiro atoms. The standard InChI is InChI=1S/C17H22N2O3/c1-11-9-12(2)21-14(11)16-18-15(19-22-16)13-5-8-20-17(10-13)6-3-4-7-17/h9,13H,3-8,10H2,1-2H3. The first-order chi connectivity index (χ1) is 10.7. The van der Waals surface area contributed by atoms with Gasteiger partial charge in [-0.15, -0.1) is 0 Å². The highest BCUT2D eigenvalue weighted by atomic mass is 16.5. The summed E-state index contributed by atoms with van der Waals surface area (Å²) in [6.07, 6.45) is 6.87. The third-order valence-electron chi connectivity index (χ3n) is 5.05. The van der Waals surface area contributed by atoms with Gasteiger partial charge in [-0.2, -0.15) is 4.98 Å². The predicted octanol–water partition coefficient (Wildman–Crippen LogP) is 4.15. The fourth-order valence-electron chi connectivity index (χ4n) is 3.96. The SMILES string of the molecule is Cc1cc(C)c(-c2nc(C3CCOC4(CCCC4)C3)no2)o1. The lowest BCUT2D eigenvalue weighted by molar-refractivity contribution is -0.0815. The molecule has 0 aromatic carbocycles. The highest BCUT2D eigenvalue weighted by molar-refractivity contribution is 5.50. The van der Waals surface area contributed by atoms with Crippen molar-refractivity contribution >= 4 is 0 Å². The molecule has 0 radical (unpaired) electrons. The van der Waals surface area contributed by atoms with Crippen LogP contribution in [-0.4, -0.2) is 22.3 Å². The van der Waals surface area contributed by atoms with Crippen molar-refractivity contribution in [3.8, 4) is 11.7 Å². The van der Waals surface area contributed by atoms with Crippen LogP contribution in [0.1, 0.15) is 61.6 Å². The summed E-state index contributed by atoms with van der Waals surface area (Å²) in [4.78, 5) is 4.61. The molecule has 2 aromatic rings. The predicted molar refractivity (Wildman–Crippen MR) is 80.6 cm³/mol. The molecule has 3 heterocycles. The Balaban J connectivity index is 1.57. The number of aromatic nitrogens is 2. The van der Waals surface area contributed by atoms with Crippen LogP contribution >= 0.6 is 0 Å². The summed E-state index contributed by atoms with van der Waals surface area (Å²) in [5.41, 5.74) is 1.10. The van der Waals surface area contributed by atoms with Gasteiger partial charge in [0.2, 0.25) is 0 Å². The average Bonchev–Trinajstić information content (AvgIpc) is 3.20. The van der Waals surface area contributed by atoms with Crippen molar-refractivity contribution in [2.75, 3.05) is 6.61 Å². The number of aryl methyl sites for hydroxylation is 2. The van der Waals surface area contributed by atoms with Gasteiger partial charge >= 0.3 is 0 Å². The molecule has 5 heteroatoms. The van der Waals surface area contributed by atoms with Crippen LogP contribution in [0.25, 0.3) is 11.7 Å². The lowest BCUT2D eigenvalue weighted by atomic mass is 9.84. The van der Waals surface area contributed by atoms with Crippen molar-refractivity contribution in [3.05, 3.63) is 23.2 Å². The number of ether oxygens (including phenoxy) is 1. The van der Waals surface area contributed by atoms with E-state index in [2.05, 4.69) is 10.1 Å². The zero-order chi connectivity index (χ0) is 15.2. The van der Waals surface area contributed by atoms with Crippen molar-refractivity contribution in [1.29, 1.82) is 0 Å². The maximum Gasteiger partial charge on any atom is 0.293 e. The second kappa shape index (κ2) is 5.23. The van der Waals surface area contributed by atoms with Crippen LogP contribution in [0.2, 0.25) is 0 Å². The summed E-state index contributed by atoms with van der Waals surface area (Å²) >= 11 is 0.